The highest BCUT2D eigenvalue weighted by atomic mass is 127. The lowest BCUT2D eigenvalue weighted by molar-refractivity contribution is 0.255. The Labute approximate surface area is 74.2 Å². The highest BCUT2D eigenvalue weighted by molar-refractivity contribution is 14.1. The van der Waals surface area contributed by atoms with Crippen LogP contribution in [0.2, 0.25) is 0 Å². The quantitative estimate of drug-likeness (QED) is 0.341. The molecule has 4 N–H and O–H groups in total. The van der Waals surface area contributed by atoms with E-state index in [4.69, 9.17) is 11.6 Å². The van der Waals surface area contributed by atoms with Crippen molar-refractivity contribution in [1.29, 1.82) is 0 Å². The molecule has 0 rings (SSSR count). The molecule has 0 spiro atoms. The van der Waals surface area contributed by atoms with Crippen molar-refractivity contribution in [2.75, 3.05) is 6.54 Å². The summed E-state index contributed by atoms with van der Waals surface area (Å²) in [5.41, 5.74) is 6.21. The van der Waals surface area contributed by atoms with Gasteiger partial charge in [0.2, 0.25) is 0 Å². The van der Waals surface area contributed by atoms with Crippen molar-refractivity contribution in [1.82, 2.24) is 0 Å². The van der Waals surface area contributed by atoms with E-state index < -0.39 is 0 Å². The third kappa shape index (κ3) is 4.78. The Bertz CT molecular complexity index is 145. The maximum Gasteiger partial charge on any atom is 0.183 e. The lowest BCUT2D eigenvalue weighted by atomic mass is 10.2. The molecule has 0 unspecified atom stereocenters. The second-order valence-electron chi connectivity index (χ2n) is 1.76. The number of rotatable bonds is 4. The summed E-state index contributed by atoms with van der Waals surface area (Å²) in [6.07, 6.45) is 2.53. The highest BCUT2D eigenvalue weighted by Crippen LogP contribution is 2.09. The largest absolute Gasteiger partial charge is 0.405 e. The smallest absolute Gasteiger partial charge is 0.183 e. The van der Waals surface area contributed by atoms with Gasteiger partial charge < -0.3 is 10.6 Å². The monoisotopic (exact) mass is 254 g/mol. The molecule has 58 valence electrons. The average molecular weight is 254 g/mol. The summed E-state index contributed by atoms with van der Waals surface area (Å²) in [5.74, 6) is 4.87. The molecule has 10 heavy (non-hydrogen) atoms. The number of nitrogens with two attached hydrogens (primary N) is 2. The molecule has 0 aliphatic carbocycles. The van der Waals surface area contributed by atoms with E-state index in [9.17, 15) is 0 Å². The van der Waals surface area contributed by atoms with Gasteiger partial charge in [0, 0.05) is 22.6 Å². The summed E-state index contributed by atoms with van der Waals surface area (Å²) in [7, 11) is 0. The van der Waals surface area contributed by atoms with Gasteiger partial charge in [0.25, 0.3) is 0 Å². The molecule has 0 bridgehead atoms. The number of hydrogen-bond acceptors (Lipinski definition) is 3. The summed E-state index contributed by atoms with van der Waals surface area (Å²) in [5, 5.41) is 0. The van der Waals surface area contributed by atoms with Gasteiger partial charge in [-0.15, -0.1) is 0 Å². The maximum atomic E-state index is 5.28. The first-order valence-electron chi connectivity index (χ1n) is 2.82. The van der Waals surface area contributed by atoms with E-state index in [-0.39, 0.29) is 0 Å². The molecule has 0 saturated heterocycles. The predicted octanol–water partition coefficient (Wildman–Crippen LogP) is 1.06. The molecule has 0 amide bonds. The SMILES string of the molecule is C=C(/C=C(/I)ON)CCN. The van der Waals surface area contributed by atoms with Gasteiger partial charge >= 0.3 is 0 Å². The normalized spacial score (nSPS) is 11.3. The summed E-state index contributed by atoms with van der Waals surface area (Å²) in [6.45, 7) is 4.34. The molecular formula is C6H11IN2O. The van der Waals surface area contributed by atoms with E-state index in [1.807, 2.05) is 22.6 Å². The zero-order chi connectivity index (χ0) is 7.98. The van der Waals surface area contributed by atoms with Crippen LogP contribution < -0.4 is 11.6 Å². The Morgan fingerprint density at radius 3 is 2.70 bits per heavy atom. The van der Waals surface area contributed by atoms with Gasteiger partial charge in [-0.25, -0.2) is 0 Å². The molecule has 0 heterocycles. The fourth-order valence-electron chi connectivity index (χ4n) is 0.452. The van der Waals surface area contributed by atoms with E-state index in [0.29, 0.717) is 10.3 Å². The van der Waals surface area contributed by atoms with Crippen molar-refractivity contribution in [3.63, 3.8) is 0 Å². The van der Waals surface area contributed by atoms with Crippen molar-refractivity contribution in [2.24, 2.45) is 11.6 Å². The third-order valence-corrected chi connectivity index (χ3v) is 1.46. The van der Waals surface area contributed by atoms with Crippen LogP contribution in [0.4, 0.5) is 0 Å². The fourth-order valence-corrected chi connectivity index (χ4v) is 0.892. The van der Waals surface area contributed by atoms with Crippen LogP contribution >= 0.6 is 22.6 Å². The number of halogens is 1. The first kappa shape index (κ1) is 9.93. The molecule has 0 aromatic heterocycles. The first-order chi connectivity index (χ1) is 4.70. The van der Waals surface area contributed by atoms with Crippen LogP contribution in [0.3, 0.4) is 0 Å². The predicted molar refractivity (Wildman–Crippen MR) is 50.2 cm³/mol. The molecule has 0 aromatic rings. The Morgan fingerprint density at radius 2 is 2.30 bits per heavy atom. The first-order valence-corrected chi connectivity index (χ1v) is 3.90. The summed E-state index contributed by atoms with van der Waals surface area (Å²) in [6, 6.07) is 0. The van der Waals surface area contributed by atoms with Crippen LogP contribution in [-0.4, -0.2) is 6.54 Å². The minimum Gasteiger partial charge on any atom is -0.405 e. The van der Waals surface area contributed by atoms with Crippen LogP contribution in [-0.2, 0) is 4.84 Å². The summed E-state index contributed by atoms with van der Waals surface area (Å²) < 4.78 is 0.621. The zero-order valence-electron chi connectivity index (χ0n) is 5.64. The van der Waals surface area contributed by atoms with Crippen molar-refractivity contribution in [3.05, 3.63) is 22.0 Å². The summed E-state index contributed by atoms with van der Waals surface area (Å²) in [4.78, 5) is 4.41. The third-order valence-electron chi connectivity index (χ3n) is 0.896. The van der Waals surface area contributed by atoms with Crippen LogP contribution in [0.5, 0.6) is 0 Å². The van der Waals surface area contributed by atoms with Crippen LogP contribution in [0.15, 0.2) is 22.0 Å². The van der Waals surface area contributed by atoms with Gasteiger partial charge in [-0.3, -0.25) is 0 Å². The second-order valence-corrected chi connectivity index (χ2v) is 2.83. The van der Waals surface area contributed by atoms with E-state index in [1.165, 1.54) is 0 Å². The van der Waals surface area contributed by atoms with E-state index in [1.54, 1.807) is 6.08 Å². The lowest BCUT2D eigenvalue weighted by Crippen LogP contribution is -1.99. The maximum absolute atomic E-state index is 5.28. The van der Waals surface area contributed by atoms with E-state index >= 15 is 0 Å². The molecule has 0 atom stereocenters. The van der Waals surface area contributed by atoms with Gasteiger partial charge in [0.15, 0.2) is 3.77 Å². The molecule has 0 saturated carbocycles. The van der Waals surface area contributed by atoms with Crippen LogP contribution in [0, 0.1) is 0 Å². The highest BCUT2D eigenvalue weighted by Gasteiger charge is 1.91. The van der Waals surface area contributed by atoms with E-state index in [2.05, 4.69) is 11.4 Å². The van der Waals surface area contributed by atoms with Gasteiger partial charge in [0.05, 0.1) is 0 Å². The lowest BCUT2D eigenvalue weighted by Gasteiger charge is -1.97. The van der Waals surface area contributed by atoms with E-state index in [0.717, 1.165) is 12.0 Å². The molecule has 0 fully saturated rings. The average Bonchev–Trinajstić information content (AvgIpc) is 1.88. The van der Waals surface area contributed by atoms with Gasteiger partial charge in [-0.2, -0.15) is 5.90 Å². The second kappa shape index (κ2) is 5.70. The Kier molecular flexibility index (Phi) is 5.66. The van der Waals surface area contributed by atoms with Crippen LogP contribution in [0.25, 0.3) is 0 Å². The summed E-state index contributed by atoms with van der Waals surface area (Å²) >= 11 is 1.97. The number of allylic oxidation sites excluding steroid dienone is 1. The van der Waals surface area contributed by atoms with Gasteiger partial charge in [0.1, 0.15) is 0 Å². The van der Waals surface area contributed by atoms with Crippen molar-refractivity contribution in [3.8, 4) is 0 Å². The molecule has 0 radical (unpaired) electrons. The molecule has 3 nitrogen and oxygen atoms in total. The molecular weight excluding hydrogens is 243 g/mol. The van der Waals surface area contributed by atoms with Crippen molar-refractivity contribution >= 4 is 22.6 Å². The van der Waals surface area contributed by atoms with Crippen molar-refractivity contribution < 1.29 is 4.84 Å². The van der Waals surface area contributed by atoms with Crippen LogP contribution in [0.1, 0.15) is 6.42 Å². The minimum atomic E-state index is 0.601. The fraction of sp³-hybridized carbons (Fsp3) is 0.333. The molecule has 4 heteroatoms. The topological polar surface area (TPSA) is 61.3 Å². The Hall–Kier alpha value is -0.0700. The molecule has 0 aromatic carbocycles. The Balaban J connectivity index is 3.75. The number of hydrogen-bond donors (Lipinski definition) is 2. The molecule has 0 aliphatic rings. The van der Waals surface area contributed by atoms with Gasteiger partial charge in [-0.1, -0.05) is 6.58 Å². The minimum absolute atomic E-state index is 0.601. The molecule has 0 aliphatic heterocycles. The van der Waals surface area contributed by atoms with Gasteiger partial charge in [-0.05, 0) is 24.6 Å². The Morgan fingerprint density at radius 1 is 1.70 bits per heavy atom. The zero-order valence-corrected chi connectivity index (χ0v) is 7.80. The standard InChI is InChI=1S/C6H11IN2O/c1-5(2-3-8)4-6(7)10-9/h4H,1-3,8-9H2/b6-4-. The van der Waals surface area contributed by atoms with Crippen molar-refractivity contribution in [2.45, 2.75) is 6.42 Å².